The van der Waals surface area contributed by atoms with Gasteiger partial charge in [0, 0.05) is 25.3 Å². The smallest absolute Gasteiger partial charge is 0.321 e. The minimum absolute atomic E-state index is 0.0598. The number of anilines is 1. The molecule has 0 aromatic heterocycles. The number of nitrogens with one attached hydrogen (secondary N) is 2. The number of rotatable bonds is 6. The Morgan fingerprint density at radius 3 is 2.45 bits per heavy atom. The van der Waals surface area contributed by atoms with Crippen LogP contribution >= 0.6 is 0 Å². The number of hydrogen-bond acceptors (Lipinski definition) is 2. The maximum absolute atomic E-state index is 13.6. The van der Waals surface area contributed by atoms with Crippen molar-refractivity contribution in [3.63, 3.8) is 0 Å². The number of amides is 3. The Morgan fingerprint density at radius 1 is 1.07 bits per heavy atom. The zero-order valence-corrected chi connectivity index (χ0v) is 16.8. The zero-order valence-electron chi connectivity index (χ0n) is 16.8. The molecule has 1 heterocycles. The molecule has 3 rings (SSSR count). The third-order valence-corrected chi connectivity index (χ3v) is 5.39. The maximum atomic E-state index is 13.6. The van der Waals surface area contributed by atoms with Crippen LogP contribution in [0.4, 0.5) is 14.9 Å². The minimum Gasteiger partial charge on any atom is -0.356 e. The van der Waals surface area contributed by atoms with Crippen LogP contribution in [0.3, 0.4) is 0 Å². The van der Waals surface area contributed by atoms with E-state index in [9.17, 15) is 14.0 Å². The summed E-state index contributed by atoms with van der Waals surface area (Å²) in [6.45, 7) is 4.02. The second-order valence-corrected chi connectivity index (χ2v) is 7.63. The Bertz CT molecular complexity index is 830. The molecule has 2 aromatic rings. The molecule has 2 aromatic carbocycles. The normalized spacial score (nSPS) is 14.5. The molecule has 0 bridgehead atoms. The molecule has 1 fully saturated rings. The second-order valence-electron chi connectivity index (χ2n) is 7.63. The van der Waals surface area contributed by atoms with Gasteiger partial charge >= 0.3 is 6.03 Å². The van der Waals surface area contributed by atoms with Crippen molar-refractivity contribution in [3.05, 3.63) is 65.5 Å². The number of carbonyl (C=O) groups excluding carboxylic acids is 2. The van der Waals surface area contributed by atoms with Crippen LogP contribution in [0.25, 0.3) is 0 Å². The third kappa shape index (κ3) is 6.31. The van der Waals surface area contributed by atoms with Crippen molar-refractivity contribution < 1.29 is 14.0 Å². The molecule has 1 aliphatic rings. The highest BCUT2D eigenvalue weighted by atomic mass is 19.1. The predicted molar refractivity (Wildman–Crippen MR) is 112 cm³/mol. The standard InChI is InChI=1S/C23H28FN3O2/c1-17-6-8-20(9-7-17)26-23(29)27-14-11-18(12-15-27)10-13-25-22(28)16-19-4-2-3-5-21(19)24/h2-9,18H,10-16H2,1H3,(H,25,28)(H,26,29). The minimum atomic E-state index is -0.348. The zero-order chi connectivity index (χ0) is 20.6. The first kappa shape index (κ1) is 20.8. The Balaban J connectivity index is 1.34. The summed E-state index contributed by atoms with van der Waals surface area (Å²) in [4.78, 5) is 26.2. The molecule has 154 valence electrons. The van der Waals surface area contributed by atoms with Gasteiger partial charge in [-0.15, -0.1) is 0 Å². The van der Waals surface area contributed by atoms with Crippen LogP contribution < -0.4 is 10.6 Å². The molecule has 29 heavy (non-hydrogen) atoms. The van der Waals surface area contributed by atoms with E-state index in [1.807, 2.05) is 36.1 Å². The summed E-state index contributed by atoms with van der Waals surface area (Å²) >= 11 is 0. The number of nitrogens with zero attached hydrogens (tertiary/aromatic N) is 1. The van der Waals surface area contributed by atoms with Gasteiger partial charge in [-0.3, -0.25) is 4.79 Å². The number of aryl methyl sites for hydroxylation is 1. The lowest BCUT2D eigenvalue weighted by atomic mass is 9.93. The SMILES string of the molecule is Cc1ccc(NC(=O)N2CCC(CCNC(=O)Cc3ccccc3F)CC2)cc1. The highest BCUT2D eigenvalue weighted by Crippen LogP contribution is 2.21. The maximum Gasteiger partial charge on any atom is 0.321 e. The van der Waals surface area contributed by atoms with Crippen molar-refractivity contribution in [1.29, 1.82) is 0 Å². The van der Waals surface area contributed by atoms with Crippen LogP contribution in [-0.2, 0) is 11.2 Å². The molecule has 0 unspecified atom stereocenters. The number of likely N-dealkylation sites (tertiary alicyclic amines) is 1. The molecule has 1 saturated heterocycles. The van der Waals surface area contributed by atoms with Gasteiger partial charge in [-0.05, 0) is 55.9 Å². The van der Waals surface area contributed by atoms with Crippen LogP contribution in [0.5, 0.6) is 0 Å². The van der Waals surface area contributed by atoms with Gasteiger partial charge in [-0.25, -0.2) is 9.18 Å². The predicted octanol–water partition coefficient (Wildman–Crippen LogP) is 4.13. The lowest BCUT2D eigenvalue weighted by Gasteiger charge is -2.32. The number of urea groups is 1. The average Bonchev–Trinajstić information content (AvgIpc) is 2.72. The van der Waals surface area contributed by atoms with E-state index in [2.05, 4.69) is 10.6 Å². The van der Waals surface area contributed by atoms with E-state index >= 15 is 0 Å². The summed E-state index contributed by atoms with van der Waals surface area (Å²) in [5.74, 6) is -0.0314. The van der Waals surface area contributed by atoms with E-state index in [0.29, 0.717) is 31.1 Å². The summed E-state index contributed by atoms with van der Waals surface area (Å²) in [7, 11) is 0. The van der Waals surface area contributed by atoms with Gasteiger partial charge in [-0.1, -0.05) is 35.9 Å². The first-order valence-electron chi connectivity index (χ1n) is 10.1. The van der Waals surface area contributed by atoms with Gasteiger partial charge in [0.2, 0.25) is 5.91 Å². The second kappa shape index (κ2) is 10.0. The van der Waals surface area contributed by atoms with Crippen LogP contribution in [0, 0.1) is 18.7 Å². The lowest BCUT2D eigenvalue weighted by molar-refractivity contribution is -0.120. The molecular formula is C23H28FN3O2. The van der Waals surface area contributed by atoms with Gasteiger partial charge in [0.05, 0.1) is 6.42 Å². The fourth-order valence-electron chi connectivity index (χ4n) is 3.56. The van der Waals surface area contributed by atoms with E-state index in [1.165, 1.54) is 6.07 Å². The summed E-state index contributed by atoms with van der Waals surface area (Å²) in [5, 5.41) is 5.82. The van der Waals surface area contributed by atoms with Gasteiger partial charge < -0.3 is 15.5 Å². The lowest BCUT2D eigenvalue weighted by Crippen LogP contribution is -2.41. The summed E-state index contributed by atoms with van der Waals surface area (Å²) in [6, 6.07) is 14.0. The molecule has 0 atom stereocenters. The van der Waals surface area contributed by atoms with E-state index in [0.717, 1.165) is 30.5 Å². The summed E-state index contributed by atoms with van der Waals surface area (Å²) in [6.07, 6.45) is 2.77. The van der Waals surface area contributed by atoms with E-state index < -0.39 is 0 Å². The van der Waals surface area contributed by atoms with Crippen molar-refractivity contribution in [2.45, 2.75) is 32.6 Å². The number of halogens is 1. The van der Waals surface area contributed by atoms with Crippen molar-refractivity contribution in [1.82, 2.24) is 10.2 Å². The molecule has 0 saturated carbocycles. The van der Waals surface area contributed by atoms with Crippen LogP contribution in [0.15, 0.2) is 48.5 Å². The highest BCUT2D eigenvalue weighted by Gasteiger charge is 2.22. The molecule has 1 aliphatic heterocycles. The first-order valence-corrected chi connectivity index (χ1v) is 10.1. The largest absolute Gasteiger partial charge is 0.356 e. The Labute approximate surface area is 171 Å². The van der Waals surface area contributed by atoms with Gasteiger partial charge in [0.1, 0.15) is 5.82 Å². The van der Waals surface area contributed by atoms with Gasteiger partial charge in [-0.2, -0.15) is 0 Å². The van der Waals surface area contributed by atoms with Crippen LogP contribution in [0.2, 0.25) is 0 Å². The fraction of sp³-hybridized carbons (Fsp3) is 0.391. The van der Waals surface area contributed by atoms with E-state index in [-0.39, 0.29) is 24.2 Å². The molecular weight excluding hydrogens is 369 g/mol. The van der Waals surface area contributed by atoms with Gasteiger partial charge in [0.25, 0.3) is 0 Å². The molecule has 0 spiro atoms. The van der Waals surface area contributed by atoms with Crippen molar-refractivity contribution in [2.24, 2.45) is 5.92 Å². The molecule has 3 amide bonds. The van der Waals surface area contributed by atoms with Gasteiger partial charge in [0.15, 0.2) is 0 Å². The monoisotopic (exact) mass is 397 g/mol. The number of hydrogen-bond donors (Lipinski definition) is 2. The molecule has 6 heteroatoms. The topological polar surface area (TPSA) is 61.4 Å². The third-order valence-electron chi connectivity index (χ3n) is 5.39. The number of piperidine rings is 1. The van der Waals surface area contributed by atoms with Crippen LogP contribution in [-0.4, -0.2) is 36.5 Å². The highest BCUT2D eigenvalue weighted by molar-refractivity contribution is 5.89. The Morgan fingerprint density at radius 2 is 1.76 bits per heavy atom. The van der Waals surface area contributed by atoms with E-state index in [1.54, 1.807) is 18.2 Å². The molecule has 0 radical (unpaired) electrons. The van der Waals surface area contributed by atoms with Crippen molar-refractivity contribution in [3.8, 4) is 0 Å². The Kier molecular flexibility index (Phi) is 7.22. The number of benzene rings is 2. The van der Waals surface area contributed by atoms with Crippen molar-refractivity contribution >= 4 is 17.6 Å². The van der Waals surface area contributed by atoms with Crippen LogP contribution in [0.1, 0.15) is 30.4 Å². The summed E-state index contributed by atoms with van der Waals surface area (Å²) in [5.41, 5.74) is 2.38. The van der Waals surface area contributed by atoms with Crippen molar-refractivity contribution in [2.75, 3.05) is 25.0 Å². The number of carbonyl (C=O) groups is 2. The average molecular weight is 397 g/mol. The Hall–Kier alpha value is -2.89. The molecule has 5 nitrogen and oxygen atoms in total. The molecule has 2 N–H and O–H groups in total. The van der Waals surface area contributed by atoms with E-state index in [4.69, 9.17) is 0 Å². The first-order chi connectivity index (χ1) is 14.0. The summed E-state index contributed by atoms with van der Waals surface area (Å²) < 4.78 is 13.6. The molecule has 0 aliphatic carbocycles. The fourth-order valence-corrected chi connectivity index (χ4v) is 3.56. The quantitative estimate of drug-likeness (QED) is 0.770.